The molecule has 0 aliphatic rings. The van der Waals surface area contributed by atoms with E-state index in [9.17, 15) is 14.4 Å². The van der Waals surface area contributed by atoms with Gasteiger partial charge in [-0.05, 0) is 69.4 Å². The molecule has 0 saturated carbocycles. The highest BCUT2D eigenvalue weighted by Crippen LogP contribution is 2.30. The summed E-state index contributed by atoms with van der Waals surface area (Å²) in [5.41, 5.74) is 1.80. The highest BCUT2D eigenvalue weighted by Gasteiger charge is 2.38. The van der Waals surface area contributed by atoms with Crippen LogP contribution in [0.1, 0.15) is 103 Å². The van der Waals surface area contributed by atoms with Gasteiger partial charge < -0.3 is 20.3 Å². The quantitative estimate of drug-likeness (QED) is 0.168. The Bertz CT molecular complexity index is 1240. The van der Waals surface area contributed by atoms with E-state index in [0.29, 0.717) is 41.2 Å². The second-order valence-corrected chi connectivity index (χ2v) is 12.5. The van der Waals surface area contributed by atoms with Crippen molar-refractivity contribution in [2.45, 2.75) is 105 Å². The molecule has 3 unspecified atom stereocenters. The lowest BCUT2D eigenvalue weighted by atomic mass is 9.95. The smallest absolute Gasteiger partial charge is 0.408 e. The normalized spacial score (nSPS) is 13.3. The van der Waals surface area contributed by atoms with Crippen LogP contribution in [0.15, 0.2) is 42.5 Å². The third-order valence-electron chi connectivity index (χ3n) is 7.36. The minimum absolute atomic E-state index is 0.221. The van der Waals surface area contributed by atoms with E-state index >= 15 is 0 Å². The van der Waals surface area contributed by atoms with Gasteiger partial charge in [-0.15, -0.1) is 6.42 Å². The first-order valence-corrected chi connectivity index (χ1v) is 15.6. The lowest BCUT2D eigenvalue weighted by Crippen LogP contribution is -2.55. The van der Waals surface area contributed by atoms with Crippen LogP contribution in [0.3, 0.4) is 0 Å². The summed E-state index contributed by atoms with van der Waals surface area (Å²) in [7, 11) is 0. The number of para-hydroxylation sites is 1. The fraction of sp³-hybridized carbons (Fsp3) is 0.514. The number of nitrogens with one attached hydrogen (secondary N) is 2. The number of halogens is 1. The van der Waals surface area contributed by atoms with E-state index < -0.39 is 29.7 Å². The zero-order chi connectivity index (χ0) is 32.2. The molecule has 7 nitrogen and oxygen atoms in total. The number of ether oxygens (including phenoxy) is 1. The van der Waals surface area contributed by atoms with Crippen molar-refractivity contribution in [3.63, 3.8) is 0 Å². The number of terminal acetylenes is 1. The number of benzene rings is 2. The predicted octanol–water partition coefficient (Wildman–Crippen LogP) is 8.05. The van der Waals surface area contributed by atoms with Gasteiger partial charge in [-0.1, -0.05) is 94.7 Å². The van der Waals surface area contributed by atoms with Gasteiger partial charge in [-0.2, -0.15) is 0 Å². The number of amides is 3. The Hall–Kier alpha value is -3.50. The second-order valence-electron chi connectivity index (χ2n) is 12.0. The highest BCUT2D eigenvalue weighted by molar-refractivity contribution is 6.34. The molecule has 3 atom stereocenters. The summed E-state index contributed by atoms with van der Waals surface area (Å²) in [5, 5.41) is 6.20. The number of unbranched alkanes of at least 4 members (excludes halogenated alkanes) is 4. The van der Waals surface area contributed by atoms with Crippen LogP contribution in [-0.2, 0) is 14.3 Å². The molecule has 0 heterocycles. The number of anilines is 1. The van der Waals surface area contributed by atoms with Crippen LogP contribution in [0.2, 0.25) is 5.02 Å². The van der Waals surface area contributed by atoms with Crippen molar-refractivity contribution < 1.29 is 19.1 Å². The van der Waals surface area contributed by atoms with Crippen LogP contribution in [0.25, 0.3) is 0 Å². The number of hydrogen-bond acceptors (Lipinski definition) is 4. The van der Waals surface area contributed by atoms with E-state index in [1.807, 2.05) is 32.9 Å². The number of carbonyl (C=O) groups excluding carboxylic acids is 3. The van der Waals surface area contributed by atoms with Crippen molar-refractivity contribution in [1.29, 1.82) is 0 Å². The molecule has 2 N–H and O–H groups in total. The monoisotopic (exact) mass is 609 g/mol. The molecule has 0 bridgehead atoms. The maximum Gasteiger partial charge on any atom is 0.408 e. The summed E-state index contributed by atoms with van der Waals surface area (Å²) < 4.78 is 5.51. The molecule has 0 fully saturated rings. The van der Waals surface area contributed by atoms with Gasteiger partial charge in [0.1, 0.15) is 17.7 Å². The van der Waals surface area contributed by atoms with Gasteiger partial charge in [-0.3, -0.25) is 9.59 Å². The SMILES string of the molecule is C#Cc1ccc(C(C(=O)Nc2c(C)cccc2Cl)N(CCCCCCC)C(=O)C(NC(=O)OC(C)(C)C)C(C)CC)cc1. The van der Waals surface area contributed by atoms with E-state index in [-0.39, 0.29) is 11.8 Å². The lowest BCUT2D eigenvalue weighted by Gasteiger charge is -2.36. The summed E-state index contributed by atoms with van der Waals surface area (Å²) >= 11 is 6.48. The maximum absolute atomic E-state index is 14.5. The molecule has 234 valence electrons. The van der Waals surface area contributed by atoms with Crippen LogP contribution in [0.5, 0.6) is 0 Å². The average molecular weight is 610 g/mol. The van der Waals surface area contributed by atoms with Crippen molar-refractivity contribution >= 4 is 35.2 Å². The van der Waals surface area contributed by atoms with Crippen LogP contribution < -0.4 is 10.6 Å². The van der Waals surface area contributed by atoms with E-state index in [2.05, 4.69) is 23.5 Å². The third kappa shape index (κ3) is 10.9. The fourth-order valence-corrected chi connectivity index (χ4v) is 5.03. The van der Waals surface area contributed by atoms with Crippen molar-refractivity contribution in [1.82, 2.24) is 10.2 Å². The molecule has 8 heteroatoms. The molecule has 0 aromatic heterocycles. The number of rotatable bonds is 14. The molecule has 2 rings (SSSR count). The van der Waals surface area contributed by atoms with Crippen LogP contribution in [0.4, 0.5) is 10.5 Å². The van der Waals surface area contributed by atoms with E-state index in [0.717, 1.165) is 31.2 Å². The zero-order valence-electron chi connectivity index (χ0n) is 26.8. The fourth-order valence-electron chi connectivity index (χ4n) is 4.76. The Kier molecular flexibility index (Phi) is 14.1. The summed E-state index contributed by atoms with van der Waals surface area (Å²) in [6, 6.07) is 10.5. The highest BCUT2D eigenvalue weighted by atomic mass is 35.5. The van der Waals surface area contributed by atoms with Crippen molar-refractivity contribution in [2.75, 3.05) is 11.9 Å². The van der Waals surface area contributed by atoms with Crippen molar-refractivity contribution in [2.24, 2.45) is 5.92 Å². The Balaban J connectivity index is 2.61. The summed E-state index contributed by atoms with van der Waals surface area (Å²) in [6.07, 6.45) is 10.3. The van der Waals surface area contributed by atoms with Crippen molar-refractivity contribution in [3.05, 3.63) is 64.2 Å². The van der Waals surface area contributed by atoms with Crippen LogP contribution >= 0.6 is 11.6 Å². The molecular weight excluding hydrogens is 562 g/mol. The van der Waals surface area contributed by atoms with Gasteiger partial charge in [0.2, 0.25) is 5.91 Å². The first kappa shape index (κ1) is 35.7. The van der Waals surface area contributed by atoms with Gasteiger partial charge in [0.25, 0.3) is 5.91 Å². The molecule has 43 heavy (non-hydrogen) atoms. The molecule has 2 aromatic carbocycles. The lowest BCUT2D eigenvalue weighted by molar-refractivity contribution is -0.142. The first-order valence-electron chi connectivity index (χ1n) is 15.2. The Morgan fingerprint density at radius 2 is 1.67 bits per heavy atom. The molecule has 0 aliphatic carbocycles. The van der Waals surface area contributed by atoms with Crippen LogP contribution in [-0.4, -0.2) is 41.0 Å². The van der Waals surface area contributed by atoms with Crippen LogP contribution in [0, 0.1) is 25.2 Å². The number of aryl methyl sites for hydroxylation is 1. The third-order valence-corrected chi connectivity index (χ3v) is 7.68. The maximum atomic E-state index is 14.5. The molecule has 0 saturated heterocycles. The second kappa shape index (κ2) is 17.0. The van der Waals surface area contributed by atoms with Gasteiger partial charge >= 0.3 is 6.09 Å². The summed E-state index contributed by atoms with van der Waals surface area (Å²) in [4.78, 5) is 43.2. The van der Waals surface area contributed by atoms with E-state index in [1.54, 1.807) is 56.0 Å². The minimum atomic E-state index is -1.01. The topological polar surface area (TPSA) is 87.7 Å². The van der Waals surface area contributed by atoms with Gasteiger partial charge in [0, 0.05) is 12.1 Å². The largest absolute Gasteiger partial charge is 0.444 e. The number of carbonyl (C=O) groups is 3. The van der Waals surface area contributed by atoms with E-state index in [1.165, 1.54) is 0 Å². The van der Waals surface area contributed by atoms with Gasteiger partial charge in [0.15, 0.2) is 0 Å². The molecule has 2 aromatic rings. The number of alkyl carbamates (subject to hydrolysis) is 1. The Morgan fingerprint density at radius 1 is 1.02 bits per heavy atom. The molecular formula is C35H48ClN3O4. The molecule has 0 radical (unpaired) electrons. The molecule has 3 amide bonds. The Morgan fingerprint density at radius 3 is 2.23 bits per heavy atom. The number of nitrogens with zero attached hydrogens (tertiary/aromatic N) is 1. The standard InChI is InChI=1S/C35H48ClN3O4/c1-9-12-13-14-15-23-39(33(41)30(24(4)10-2)38-34(42)43-35(6,7)8)31(27-21-19-26(11-3)20-22-27)32(40)37-29-25(5)17-16-18-28(29)36/h3,16-22,24,30-31H,9-10,12-15,23H2,1-2,4-8H3,(H,37,40)(H,38,42). The number of hydrogen-bond donors (Lipinski definition) is 2. The van der Waals surface area contributed by atoms with Crippen molar-refractivity contribution in [3.8, 4) is 12.3 Å². The minimum Gasteiger partial charge on any atom is -0.444 e. The molecule has 0 aliphatic heterocycles. The van der Waals surface area contributed by atoms with Gasteiger partial charge in [-0.25, -0.2) is 4.79 Å². The molecule has 0 spiro atoms. The van der Waals surface area contributed by atoms with E-state index in [4.69, 9.17) is 22.8 Å². The zero-order valence-corrected chi connectivity index (χ0v) is 27.5. The summed E-state index contributed by atoms with van der Waals surface area (Å²) in [6.45, 7) is 13.5. The summed E-state index contributed by atoms with van der Waals surface area (Å²) in [5.74, 6) is 1.62. The Labute approximate surface area is 263 Å². The van der Waals surface area contributed by atoms with Gasteiger partial charge in [0.05, 0.1) is 10.7 Å². The average Bonchev–Trinajstić information content (AvgIpc) is 2.95. The predicted molar refractivity (Wildman–Crippen MR) is 175 cm³/mol. The first-order chi connectivity index (χ1) is 20.3.